The maximum Gasteiger partial charge on any atom is 0.0667 e. The molecule has 1 nitrogen and oxygen atoms in total. The summed E-state index contributed by atoms with van der Waals surface area (Å²) in [6.45, 7) is 2.39. The van der Waals surface area contributed by atoms with E-state index >= 15 is 0 Å². The second-order valence-electron chi connectivity index (χ2n) is 5.92. The van der Waals surface area contributed by atoms with Gasteiger partial charge in [-0.3, -0.25) is 0 Å². The molecule has 0 radical (unpaired) electrons. The van der Waals surface area contributed by atoms with Crippen molar-refractivity contribution in [3.05, 3.63) is 0 Å². The van der Waals surface area contributed by atoms with Gasteiger partial charge in [0.25, 0.3) is 0 Å². The van der Waals surface area contributed by atoms with Crippen molar-refractivity contribution in [1.29, 1.82) is 0 Å². The zero-order chi connectivity index (χ0) is 9.76. The van der Waals surface area contributed by atoms with Crippen molar-refractivity contribution in [3.8, 4) is 0 Å². The summed E-state index contributed by atoms with van der Waals surface area (Å²) in [5.74, 6) is 2.82. The van der Waals surface area contributed by atoms with E-state index in [0.29, 0.717) is 6.10 Å². The first-order valence-corrected chi connectivity index (χ1v) is 6.59. The van der Waals surface area contributed by atoms with E-state index in [1.165, 1.54) is 38.5 Å². The van der Waals surface area contributed by atoms with E-state index < -0.39 is 0 Å². The molecule has 3 unspecified atom stereocenters. The van der Waals surface area contributed by atoms with Crippen molar-refractivity contribution in [1.82, 2.24) is 0 Å². The third-order valence-corrected chi connectivity index (χ3v) is 5.53. The average Bonchev–Trinajstić information content (AvgIpc) is 2.17. The van der Waals surface area contributed by atoms with Crippen molar-refractivity contribution in [3.63, 3.8) is 0 Å². The van der Waals surface area contributed by atoms with Gasteiger partial charge in [-0.15, -0.1) is 0 Å². The van der Waals surface area contributed by atoms with E-state index in [1.807, 2.05) is 0 Å². The van der Waals surface area contributed by atoms with Crippen molar-refractivity contribution in [2.45, 2.75) is 51.6 Å². The summed E-state index contributed by atoms with van der Waals surface area (Å²) >= 11 is 0. The highest BCUT2D eigenvalue weighted by Gasteiger charge is 2.54. The summed E-state index contributed by atoms with van der Waals surface area (Å²) in [5, 5.41) is 0. The molecular formula is C12H21OP. The molecule has 0 heterocycles. The predicted molar refractivity (Wildman–Crippen MR) is 60.9 cm³/mol. The molecule has 0 aliphatic heterocycles. The fourth-order valence-corrected chi connectivity index (χ4v) is 5.25. The quantitative estimate of drug-likeness (QED) is 0.637. The second kappa shape index (κ2) is 3.19. The first-order valence-electron chi connectivity index (χ1n) is 6.12. The molecule has 0 aromatic carbocycles. The summed E-state index contributed by atoms with van der Waals surface area (Å²) in [7, 11) is 2.51. The van der Waals surface area contributed by atoms with Gasteiger partial charge in [-0.25, -0.2) is 0 Å². The van der Waals surface area contributed by atoms with Gasteiger partial charge in [0, 0.05) is 9.47 Å². The molecule has 4 saturated carbocycles. The van der Waals surface area contributed by atoms with Crippen LogP contribution < -0.4 is 0 Å². The summed E-state index contributed by atoms with van der Waals surface area (Å²) < 4.78 is 5.63. The van der Waals surface area contributed by atoms with Gasteiger partial charge < -0.3 is 4.52 Å². The van der Waals surface area contributed by atoms with E-state index in [0.717, 1.165) is 23.2 Å². The molecule has 3 atom stereocenters. The van der Waals surface area contributed by atoms with E-state index in [1.54, 1.807) is 0 Å². The Morgan fingerprint density at radius 2 is 1.86 bits per heavy atom. The van der Waals surface area contributed by atoms with Gasteiger partial charge in [-0.1, -0.05) is 13.3 Å². The molecule has 0 spiro atoms. The van der Waals surface area contributed by atoms with Crippen molar-refractivity contribution in [2.24, 2.45) is 23.2 Å². The Hall–Kier alpha value is 0.390. The molecular weight excluding hydrogens is 191 g/mol. The van der Waals surface area contributed by atoms with E-state index in [4.69, 9.17) is 4.52 Å². The van der Waals surface area contributed by atoms with Gasteiger partial charge >= 0.3 is 0 Å². The fourth-order valence-electron chi connectivity index (χ4n) is 4.80. The Balaban J connectivity index is 1.88. The van der Waals surface area contributed by atoms with Crippen molar-refractivity contribution >= 4 is 9.47 Å². The minimum absolute atomic E-state index is 0.580. The van der Waals surface area contributed by atoms with E-state index in [-0.39, 0.29) is 0 Å². The third-order valence-electron chi connectivity index (χ3n) is 5.22. The maximum atomic E-state index is 5.63. The van der Waals surface area contributed by atoms with Gasteiger partial charge in [0.05, 0.1) is 6.10 Å². The Labute approximate surface area is 89.3 Å². The number of hydrogen-bond acceptors (Lipinski definition) is 1. The molecule has 4 aliphatic rings. The predicted octanol–water partition coefficient (Wildman–Crippen LogP) is 3.40. The van der Waals surface area contributed by atoms with Gasteiger partial charge in [0.2, 0.25) is 0 Å². The largest absolute Gasteiger partial charge is 0.362 e. The van der Waals surface area contributed by atoms with Crippen LogP contribution in [-0.4, -0.2) is 6.10 Å². The molecule has 14 heavy (non-hydrogen) atoms. The summed E-state index contributed by atoms with van der Waals surface area (Å²) in [6.07, 6.45) is 9.33. The first-order chi connectivity index (χ1) is 6.76. The monoisotopic (exact) mass is 212 g/mol. The molecule has 4 fully saturated rings. The van der Waals surface area contributed by atoms with Crippen molar-refractivity contribution < 1.29 is 4.52 Å². The summed E-state index contributed by atoms with van der Waals surface area (Å²) in [6, 6.07) is 0. The number of rotatable bonds is 2. The molecule has 80 valence electrons. The Morgan fingerprint density at radius 3 is 2.36 bits per heavy atom. The molecule has 0 aromatic heterocycles. The van der Waals surface area contributed by atoms with Crippen LogP contribution in [0.3, 0.4) is 0 Å². The average molecular weight is 212 g/mol. The molecule has 0 N–H and O–H groups in total. The maximum absolute atomic E-state index is 5.63. The Bertz CT molecular complexity index is 224. The van der Waals surface area contributed by atoms with Crippen LogP contribution in [0.1, 0.15) is 45.4 Å². The van der Waals surface area contributed by atoms with Crippen LogP contribution in [0.4, 0.5) is 0 Å². The number of hydrogen-bond donors (Lipinski definition) is 0. The lowest BCUT2D eigenvalue weighted by molar-refractivity contribution is -0.120. The molecule has 2 heteroatoms. The molecule has 4 rings (SSSR count). The minimum atomic E-state index is 0.580. The zero-order valence-electron chi connectivity index (χ0n) is 9.04. The molecule has 0 amide bonds. The van der Waals surface area contributed by atoms with Crippen LogP contribution in [0.25, 0.3) is 0 Å². The lowest BCUT2D eigenvalue weighted by Gasteiger charge is -2.59. The smallest absolute Gasteiger partial charge is 0.0667 e. The normalized spacial score (nSPS) is 55.3. The van der Waals surface area contributed by atoms with Gasteiger partial charge in [-0.2, -0.15) is 0 Å². The topological polar surface area (TPSA) is 9.23 Å². The van der Waals surface area contributed by atoms with Crippen LogP contribution in [0.15, 0.2) is 0 Å². The highest BCUT2D eigenvalue weighted by Crippen LogP contribution is 2.62. The lowest BCUT2D eigenvalue weighted by atomic mass is 9.48. The van der Waals surface area contributed by atoms with Crippen LogP contribution in [0.2, 0.25) is 0 Å². The Morgan fingerprint density at radius 1 is 1.21 bits per heavy atom. The van der Waals surface area contributed by atoms with Crippen LogP contribution in [0.5, 0.6) is 0 Å². The van der Waals surface area contributed by atoms with Gasteiger partial charge in [-0.05, 0) is 55.3 Å². The van der Waals surface area contributed by atoms with Crippen LogP contribution >= 0.6 is 9.47 Å². The van der Waals surface area contributed by atoms with Gasteiger partial charge in [0.15, 0.2) is 0 Å². The highest BCUT2D eigenvalue weighted by atomic mass is 31.0. The van der Waals surface area contributed by atoms with Crippen molar-refractivity contribution in [2.75, 3.05) is 0 Å². The molecule has 0 aromatic rings. The molecule has 0 saturated heterocycles. The highest BCUT2D eigenvalue weighted by molar-refractivity contribution is 7.09. The van der Waals surface area contributed by atoms with Gasteiger partial charge in [0.1, 0.15) is 0 Å². The minimum Gasteiger partial charge on any atom is -0.362 e. The van der Waals surface area contributed by atoms with Crippen LogP contribution in [-0.2, 0) is 4.52 Å². The zero-order valence-corrected chi connectivity index (χ0v) is 10.2. The SMILES string of the molecule is CCC12CC3CC(C1)C(OP)C(C3)C2. The third kappa shape index (κ3) is 1.21. The fraction of sp³-hybridized carbons (Fsp3) is 1.00. The first kappa shape index (κ1) is 9.60. The van der Waals surface area contributed by atoms with Crippen LogP contribution in [0, 0.1) is 23.2 Å². The Kier molecular flexibility index (Phi) is 2.19. The second-order valence-corrected chi connectivity index (χ2v) is 6.20. The summed E-state index contributed by atoms with van der Waals surface area (Å²) in [4.78, 5) is 0. The van der Waals surface area contributed by atoms with E-state index in [2.05, 4.69) is 16.4 Å². The lowest BCUT2D eigenvalue weighted by Crippen LogP contribution is -2.53. The molecule has 4 bridgehead atoms. The molecule has 4 aliphatic carbocycles. The standard InChI is InChI=1S/C12H21OP/c1-2-12-5-8-3-9(6-12)11(13-14)10(4-8)7-12/h8-11H,2-7,14H2,1H3. The van der Waals surface area contributed by atoms with E-state index in [9.17, 15) is 0 Å². The summed E-state index contributed by atoms with van der Waals surface area (Å²) in [5.41, 5.74) is 0.732.